The van der Waals surface area contributed by atoms with E-state index in [4.69, 9.17) is 11.6 Å². The van der Waals surface area contributed by atoms with E-state index in [2.05, 4.69) is 16.7 Å². The summed E-state index contributed by atoms with van der Waals surface area (Å²) in [7, 11) is 1.60. The molecule has 0 aliphatic heterocycles. The minimum Gasteiger partial charge on any atom is -0.380 e. The van der Waals surface area contributed by atoms with Crippen LogP contribution < -0.4 is 10.9 Å². The number of hydrogen-bond acceptors (Lipinski definition) is 4. The first-order valence-electron chi connectivity index (χ1n) is 6.13. The van der Waals surface area contributed by atoms with Crippen LogP contribution in [0.5, 0.6) is 0 Å². The number of halogens is 1. The molecule has 4 nitrogen and oxygen atoms in total. The molecule has 6 heteroatoms. The molecule has 0 radical (unpaired) electrons. The molecule has 1 N–H and O–H groups in total. The summed E-state index contributed by atoms with van der Waals surface area (Å²) in [4.78, 5) is 11.7. The van der Waals surface area contributed by atoms with Gasteiger partial charge in [0.1, 0.15) is 5.02 Å². The van der Waals surface area contributed by atoms with Crippen molar-refractivity contribution in [2.75, 3.05) is 11.6 Å². The molecule has 1 aliphatic carbocycles. The van der Waals surface area contributed by atoms with Gasteiger partial charge in [-0.2, -0.15) is 16.9 Å². The highest BCUT2D eigenvalue weighted by Crippen LogP contribution is 2.29. The van der Waals surface area contributed by atoms with E-state index in [0.29, 0.717) is 11.7 Å². The van der Waals surface area contributed by atoms with E-state index in [1.807, 2.05) is 11.8 Å². The SMILES string of the molecule is CSC1CCC(Nc2cnn(C)c(=O)c2Cl)CC1. The van der Waals surface area contributed by atoms with Crippen molar-refractivity contribution >= 4 is 29.1 Å². The molecule has 0 atom stereocenters. The van der Waals surface area contributed by atoms with Crippen molar-refractivity contribution in [3.05, 3.63) is 21.6 Å². The first-order valence-corrected chi connectivity index (χ1v) is 7.79. The topological polar surface area (TPSA) is 46.9 Å². The lowest BCUT2D eigenvalue weighted by Gasteiger charge is -2.28. The molecular formula is C12H18ClN3OS. The molecule has 0 bridgehead atoms. The Morgan fingerprint density at radius 1 is 1.44 bits per heavy atom. The Balaban J connectivity index is 2.03. The average Bonchev–Trinajstić information content (AvgIpc) is 2.40. The number of aryl methyl sites for hydroxylation is 1. The maximum absolute atomic E-state index is 11.7. The molecule has 1 aromatic rings. The molecule has 0 aromatic carbocycles. The number of nitrogens with zero attached hydrogens (tertiary/aromatic N) is 2. The maximum Gasteiger partial charge on any atom is 0.287 e. The molecule has 0 amide bonds. The van der Waals surface area contributed by atoms with Crippen molar-refractivity contribution in [3.63, 3.8) is 0 Å². The van der Waals surface area contributed by atoms with Gasteiger partial charge in [-0.3, -0.25) is 4.79 Å². The van der Waals surface area contributed by atoms with Crippen LogP contribution in [0.3, 0.4) is 0 Å². The third-order valence-electron chi connectivity index (χ3n) is 3.45. The van der Waals surface area contributed by atoms with Crippen LogP contribution >= 0.6 is 23.4 Å². The normalized spacial score (nSPS) is 23.9. The minimum atomic E-state index is -0.250. The van der Waals surface area contributed by atoms with Crippen LogP contribution in [-0.2, 0) is 7.05 Å². The lowest BCUT2D eigenvalue weighted by atomic mass is 9.95. The Bertz CT molecular complexity index is 469. The van der Waals surface area contributed by atoms with E-state index < -0.39 is 0 Å². The summed E-state index contributed by atoms with van der Waals surface area (Å²) in [5, 5.41) is 8.35. The molecule has 0 saturated heterocycles. The third kappa shape index (κ3) is 3.01. The van der Waals surface area contributed by atoms with Crippen LogP contribution in [0.2, 0.25) is 5.02 Å². The summed E-state index contributed by atoms with van der Waals surface area (Å²) < 4.78 is 1.25. The maximum atomic E-state index is 11.7. The highest BCUT2D eigenvalue weighted by atomic mass is 35.5. The van der Waals surface area contributed by atoms with Gasteiger partial charge in [0.2, 0.25) is 0 Å². The zero-order valence-corrected chi connectivity index (χ0v) is 12.2. The van der Waals surface area contributed by atoms with Gasteiger partial charge in [0, 0.05) is 18.3 Å². The van der Waals surface area contributed by atoms with E-state index in [1.165, 1.54) is 17.5 Å². The van der Waals surface area contributed by atoms with Crippen LogP contribution in [-0.4, -0.2) is 27.3 Å². The Morgan fingerprint density at radius 3 is 2.72 bits per heavy atom. The summed E-state index contributed by atoms with van der Waals surface area (Å²) in [6, 6.07) is 0.403. The molecule has 18 heavy (non-hydrogen) atoms. The number of anilines is 1. The standard InChI is InChI=1S/C12H18ClN3OS/c1-16-12(17)11(13)10(7-14-16)15-8-3-5-9(18-2)6-4-8/h7-9,15H,3-6H2,1-2H3. The molecular weight excluding hydrogens is 270 g/mol. The van der Waals surface area contributed by atoms with E-state index >= 15 is 0 Å². The number of aromatic nitrogens is 2. The zero-order chi connectivity index (χ0) is 13.1. The highest BCUT2D eigenvalue weighted by Gasteiger charge is 2.21. The summed E-state index contributed by atoms with van der Waals surface area (Å²) in [6.07, 6.45) is 8.47. The summed E-state index contributed by atoms with van der Waals surface area (Å²) in [5.74, 6) is 0. The highest BCUT2D eigenvalue weighted by molar-refractivity contribution is 7.99. The second-order valence-corrected chi connectivity index (χ2v) is 6.17. The lowest BCUT2D eigenvalue weighted by Crippen LogP contribution is -2.29. The number of rotatable bonds is 3. The van der Waals surface area contributed by atoms with Crippen LogP contribution in [0.15, 0.2) is 11.0 Å². The fraction of sp³-hybridized carbons (Fsp3) is 0.667. The van der Waals surface area contributed by atoms with Crippen molar-refractivity contribution in [1.29, 1.82) is 0 Å². The van der Waals surface area contributed by atoms with Gasteiger partial charge in [-0.05, 0) is 31.9 Å². The van der Waals surface area contributed by atoms with Gasteiger partial charge in [-0.15, -0.1) is 0 Å². The summed E-state index contributed by atoms with van der Waals surface area (Å²) in [5.41, 5.74) is 0.409. The van der Waals surface area contributed by atoms with Gasteiger partial charge in [0.25, 0.3) is 5.56 Å². The summed E-state index contributed by atoms with van der Waals surface area (Å²) >= 11 is 7.98. The Kier molecular flexibility index (Phi) is 4.56. The predicted molar refractivity (Wildman–Crippen MR) is 77.7 cm³/mol. The first kappa shape index (κ1) is 13.7. The molecule has 0 spiro atoms. The Hall–Kier alpha value is -0.680. The Labute approximate surface area is 116 Å². The number of hydrogen-bond donors (Lipinski definition) is 1. The lowest BCUT2D eigenvalue weighted by molar-refractivity contribution is 0.473. The van der Waals surface area contributed by atoms with Gasteiger partial charge in [0.15, 0.2) is 0 Å². The molecule has 1 fully saturated rings. The van der Waals surface area contributed by atoms with Gasteiger partial charge < -0.3 is 5.32 Å². The second-order valence-electron chi connectivity index (χ2n) is 4.65. The van der Waals surface area contributed by atoms with Crippen molar-refractivity contribution in [1.82, 2.24) is 9.78 Å². The fourth-order valence-corrected chi connectivity index (χ4v) is 3.24. The minimum absolute atomic E-state index is 0.236. The average molecular weight is 288 g/mol. The van der Waals surface area contributed by atoms with Gasteiger partial charge >= 0.3 is 0 Å². The monoisotopic (exact) mass is 287 g/mol. The Morgan fingerprint density at radius 2 is 2.11 bits per heavy atom. The molecule has 1 aliphatic rings. The molecule has 100 valence electrons. The van der Waals surface area contributed by atoms with Gasteiger partial charge in [-0.25, -0.2) is 4.68 Å². The van der Waals surface area contributed by atoms with Crippen LogP contribution in [0.25, 0.3) is 0 Å². The van der Waals surface area contributed by atoms with Crippen molar-refractivity contribution in [2.24, 2.45) is 7.05 Å². The van der Waals surface area contributed by atoms with E-state index in [1.54, 1.807) is 13.2 Å². The van der Waals surface area contributed by atoms with Crippen LogP contribution in [0.1, 0.15) is 25.7 Å². The second kappa shape index (κ2) is 5.97. The third-order valence-corrected chi connectivity index (χ3v) is 4.95. The van der Waals surface area contributed by atoms with E-state index in [9.17, 15) is 4.79 Å². The molecule has 1 saturated carbocycles. The first-order chi connectivity index (χ1) is 8.61. The summed E-state index contributed by atoms with van der Waals surface area (Å²) in [6.45, 7) is 0. The molecule has 2 rings (SSSR count). The van der Waals surface area contributed by atoms with Gasteiger partial charge in [0.05, 0.1) is 11.9 Å². The fourth-order valence-electron chi connectivity index (χ4n) is 2.27. The van der Waals surface area contributed by atoms with Crippen molar-refractivity contribution in [3.8, 4) is 0 Å². The largest absolute Gasteiger partial charge is 0.380 e. The smallest absolute Gasteiger partial charge is 0.287 e. The molecule has 1 heterocycles. The number of nitrogens with one attached hydrogen (secondary N) is 1. The van der Waals surface area contributed by atoms with E-state index in [-0.39, 0.29) is 10.6 Å². The quantitative estimate of drug-likeness (QED) is 0.928. The van der Waals surface area contributed by atoms with Gasteiger partial charge in [-0.1, -0.05) is 11.6 Å². The zero-order valence-electron chi connectivity index (χ0n) is 10.6. The van der Waals surface area contributed by atoms with Crippen molar-refractivity contribution < 1.29 is 0 Å². The molecule has 1 aromatic heterocycles. The van der Waals surface area contributed by atoms with Crippen LogP contribution in [0.4, 0.5) is 5.69 Å². The van der Waals surface area contributed by atoms with Crippen molar-refractivity contribution in [2.45, 2.75) is 37.0 Å². The molecule has 0 unspecified atom stereocenters. The number of thioether (sulfide) groups is 1. The van der Waals surface area contributed by atoms with Crippen LogP contribution in [0, 0.1) is 0 Å². The predicted octanol–water partition coefficient (Wildman–Crippen LogP) is 2.52. The van der Waals surface area contributed by atoms with E-state index in [0.717, 1.165) is 18.1 Å².